The first-order valence-electron chi connectivity index (χ1n) is 11.3. The third-order valence-electron chi connectivity index (χ3n) is 5.45. The number of thioether (sulfide) groups is 1. The number of aromatic nitrogens is 1. The largest absolute Gasteiger partial charge is 0.460 e. The maximum absolute atomic E-state index is 13.2. The minimum atomic E-state index is -1.02. The number of fused-ring (bicyclic) bond motifs is 4. The highest BCUT2D eigenvalue weighted by atomic mass is 32.2. The van der Waals surface area contributed by atoms with Crippen molar-refractivity contribution in [2.45, 2.75) is 70.7 Å². The highest BCUT2D eigenvalue weighted by molar-refractivity contribution is 8.14. The normalized spacial score (nSPS) is 26.2. The average Bonchev–Trinajstić information content (AvgIpc) is 3.42. The predicted molar refractivity (Wildman–Crippen MR) is 132 cm³/mol. The summed E-state index contributed by atoms with van der Waals surface area (Å²) < 4.78 is 5.70. The van der Waals surface area contributed by atoms with Crippen molar-refractivity contribution in [3.63, 3.8) is 0 Å². The fourth-order valence-corrected chi connectivity index (χ4v) is 5.35. The van der Waals surface area contributed by atoms with E-state index in [-0.39, 0.29) is 30.7 Å². The molecule has 1 aromatic heterocycles. The Morgan fingerprint density at radius 3 is 2.79 bits per heavy atom. The Bertz CT molecular complexity index is 990. The van der Waals surface area contributed by atoms with E-state index >= 15 is 0 Å². The molecule has 9 nitrogen and oxygen atoms in total. The molecule has 3 heterocycles. The zero-order chi connectivity index (χ0) is 24.7. The molecule has 3 atom stereocenters. The fraction of sp³-hybridized carbons (Fsp3) is 0.565. The van der Waals surface area contributed by atoms with E-state index in [1.807, 2.05) is 25.3 Å². The van der Waals surface area contributed by atoms with E-state index in [2.05, 4.69) is 20.6 Å². The number of unbranched alkanes of at least 4 members (excludes halogenated alkanes) is 1. The molecule has 0 aromatic carbocycles. The minimum absolute atomic E-state index is 0.0268. The van der Waals surface area contributed by atoms with Crippen LogP contribution >= 0.6 is 23.1 Å². The Hall–Kier alpha value is -2.53. The van der Waals surface area contributed by atoms with Gasteiger partial charge >= 0.3 is 5.97 Å². The lowest BCUT2D eigenvalue weighted by Crippen LogP contribution is -2.53. The third-order valence-corrected chi connectivity index (χ3v) is 7.58. The van der Waals surface area contributed by atoms with Crippen LogP contribution in [0.4, 0.5) is 0 Å². The Morgan fingerprint density at radius 1 is 1.26 bits per heavy atom. The predicted octanol–water partition coefficient (Wildman–Crippen LogP) is 2.39. The van der Waals surface area contributed by atoms with E-state index in [4.69, 9.17) is 4.74 Å². The summed E-state index contributed by atoms with van der Waals surface area (Å²) in [4.78, 5) is 58.5. The SMILES string of the molecule is CC(C)[C@@H]1NC(=O)[C@]2(C)CSC(=N2)c2csc(n2)CNC(=O)CC(C/C=C\CCC=O)OC1=O. The Balaban J connectivity index is 1.86. The summed E-state index contributed by atoms with van der Waals surface area (Å²) in [6, 6.07) is -0.878. The van der Waals surface area contributed by atoms with Gasteiger partial charge in [-0.3, -0.25) is 14.6 Å². The zero-order valence-corrected chi connectivity index (χ0v) is 21.2. The summed E-state index contributed by atoms with van der Waals surface area (Å²) in [5.41, 5.74) is -0.343. The number of allylic oxidation sites excluding steroid dienone is 1. The molecule has 11 heteroatoms. The Kier molecular flexibility index (Phi) is 9.01. The molecule has 184 valence electrons. The second-order valence-corrected chi connectivity index (χ2v) is 10.7. The van der Waals surface area contributed by atoms with Gasteiger partial charge in [0.1, 0.15) is 39.7 Å². The van der Waals surface area contributed by atoms with Crippen LogP contribution in [0.2, 0.25) is 0 Å². The van der Waals surface area contributed by atoms with Gasteiger partial charge in [0.05, 0.1) is 13.0 Å². The summed E-state index contributed by atoms with van der Waals surface area (Å²) in [6.07, 6.45) is 5.02. The number of carbonyl (C=O) groups is 4. The minimum Gasteiger partial charge on any atom is -0.460 e. The third kappa shape index (κ3) is 6.75. The van der Waals surface area contributed by atoms with Gasteiger partial charge in [-0.2, -0.15) is 0 Å². The van der Waals surface area contributed by atoms with Crippen molar-refractivity contribution in [3.05, 3.63) is 28.2 Å². The summed E-state index contributed by atoms with van der Waals surface area (Å²) in [5, 5.41) is 8.92. The van der Waals surface area contributed by atoms with Crippen molar-refractivity contribution >= 4 is 52.2 Å². The van der Waals surface area contributed by atoms with Gasteiger partial charge in [0.2, 0.25) is 11.8 Å². The van der Waals surface area contributed by atoms with E-state index in [1.54, 1.807) is 13.0 Å². The number of nitrogens with zero attached hydrogens (tertiary/aromatic N) is 2. The van der Waals surface area contributed by atoms with Gasteiger partial charge in [0, 0.05) is 24.0 Å². The van der Waals surface area contributed by atoms with Crippen molar-refractivity contribution < 1.29 is 23.9 Å². The molecule has 2 aliphatic rings. The average molecular weight is 507 g/mol. The van der Waals surface area contributed by atoms with Crippen molar-refractivity contribution in [1.29, 1.82) is 0 Å². The van der Waals surface area contributed by atoms with Crippen LogP contribution < -0.4 is 10.6 Å². The number of aliphatic imine (C=N–C) groups is 1. The van der Waals surface area contributed by atoms with Crippen LogP contribution in [0.1, 0.15) is 57.2 Å². The lowest BCUT2D eigenvalue weighted by molar-refractivity contribution is -0.155. The van der Waals surface area contributed by atoms with E-state index in [1.165, 1.54) is 23.1 Å². The van der Waals surface area contributed by atoms with Gasteiger partial charge in [-0.15, -0.1) is 23.1 Å². The number of hydrogen-bond acceptors (Lipinski definition) is 9. The molecule has 3 rings (SSSR count). The molecule has 0 saturated heterocycles. The molecule has 2 amide bonds. The van der Waals surface area contributed by atoms with Crippen molar-refractivity contribution in [2.75, 3.05) is 5.75 Å². The topological polar surface area (TPSA) is 127 Å². The summed E-state index contributed by atoms with van der Waals surface area (Å²) in [6.45, 7) is 5.64. The molecule has 0 radical (unpaired) electrons. The number of nitrogens with one attached hydrogen (secondary N) is 2. The van der Waals surface area contributed by atoms with Crippen molar-refractivity contribution in [1.82, 2.24) is 15.6 Å². The van der Waals surface area contributed by atoms with Crippen LogP contribution in [0.3, 0.4) is 0 Å². The highest BCUT2D eigenvalue weighted by Crippen LogP contribution is 2.32. The standard InChI is InChI=1S/C23H30N4O5S2/c1-14(2)19-21(30)32-15(8-6-4-5-7-9-28)10-17(29)24-11-18-25-16(12-33-18)20-27-23(3,13-34-20)22(31)26-19/h4,6,9,12,14-15,19H,5,7-8,10-11,13H2,1-3H3,(H,24,29)(H,26,31)/b6-4-/t15?,19-,23-/m0/s1. The second kappa shape index (κ2) is 11.7. The lowest BCUT2D eigenvalue weighted by atomic mass is 10.00. The molecule has 4 bridgehead atoms. The molecule has 0 spiro atoms. The smallest absolute Gasteiger partial charge is 0.329 e. The molecule has 1 aromatic rings. The van der Waals surface area contributed by atoms with Gasteiger partial charge in [-0.1, -0.05) is 26.0 Å². The van der Waals surface area contributed by atoms with Crippen LogP contribution in [0.5, 0.6) is 0 Å². The van der Waals surface area contributed by atoms with Gasteiger partial charge in [0.15, 0.2) is 0 Å². The second-order valence-electron chi connectivity index (χ2n) is 8.79. The molecule has 0 aliphatic carbocycles. The first-order valence-corrected chi connectivity index (χ1v) is 13.1. The number of aldehydes is 1. The van der Waals surface area contributed by atoms with E-state index in [0.717, 1.165) is 11.3 Å². The highest BCUT2D eigenvalue weighted by Gasteiger charge is 2.41. The van der Waals surface area contributed by atoms with Crippen molar-refractivity contribution in [3.8, 4) is 0 Å². The molecule has 0 saturated carbocycles. The van der Waals surface area contributed by atoms with Crippen LogP contribution in [-0.2, 0) is 30.5 Å². The van der Waals surface area contributed by atoms with Gasteiger partial charge in [-0.25, -0.2) is 9.78 Å². The molecule has 34 heavy (non-hydrogen) atoms. The summed E-state index contributed by atoms with van der Waals surface area (Å²) in [7, 11) is 0. The monoisotopic (exact) mass is 506 g/mol. The molecule has 0 fully saturated rings. The van der Waals surface area contributed by atoms with E-state index in [9.17, 15) is 19.2 Å². The van der Waals surface area contributed by atoms with Crippen molar-refractivity contribution in [2.24, 2.45) is 10.9 Å². The number of cyclic esters (lactones) is 1. The number of ether oxygens (including phenoxy) is 1. The first-order chi connectivity index (χ1) is 16.2. The molecule has 2 aliphatic heterocycles. The maximum Gasteiger partial charge on any atom is 0.329 e. The zero-order valence-electron chi connectivity index (χ0n) is 19.5. The molecule has 2 N–H and O–H groups in total. The van der Waals surface area contributed by atoms with Gasteiger partial charge in [0.25, 0.3) is 0 Å². The molecule has 1 unspecified atom stereocenters. The van der Waals surface area contributed by atoms with Crippen LogP contribution in [-0.4, -0.2) is 57.5 Å². The number of thiazole rings is 1. The first kappa shape index (κ1) is 26.1. The fourth-order valence-electron chi connectivity index (χ4n) is 3.42. The number of esters is 1. The molecular weight excluding hydrogens is 476 g/mol. The van der Waals surface area contributed by atoms with Crippen LogP contribution in [0.15, 0.2) is 22.5 Å². The maximum atomic E-state index is 13.2. The van der Waals surface area contributed by atoms with Crippen LogP contribution in [0.25, 0.3) is 0 Å². The Labute approximate surface area is 207 Å². The number of hydrogen-bond donors (Lipinski definition) is 2. The van der Waals surface area contributed by atoms with Crippen LogP contribution in [0, 0.1) is 5.92 Å². The van der Waals surface area contributed by atoms with E-state index in [0.29, 0.717) is 35.8 Å². The summed E-state index contributed by atoms with van der Waals surface area (Å²) in [5.74, 6) is -0.999. The number of rotatable bonds is 6. The number of carbonyl (C=O) groups excluding carboxylic acids is 4. The quantitative estimate of drug-likeness (QED) is 0.262. The lowest BCUT2D eigenvalue weighted by Gasteiger charge is -2.27. The molecular formula is C23H30N4O5S2. The Morgan fingerprint density at radius 2 is 2.06 bits per heavy atom. The number of amides is 2. The van der Waals surface area contributed by atoms with E-state index < -0.39 is 23.7 Å². The van der Waals surface area contributed by atoms with Gasteiger partial charge in [-0.05, 0) is 19.3 Å². The summed E-state index contributed by atoms with van der Waals surface area (Å²) >= 11 is 2.86. The van der Waals surface area contributed by atoms with Gasteiger partial charge < -0.3 is 20.2 Å².